The van der Waals surface area contributed by atoms with Crippen LogP contribution >= 0.6 is 0 Å². The molecule has 4 aromatic rings. The number of nitro groups is 2. The molecule has 3 aromatic carbocycles. The standard InChI is InChI=1S/C23H10F3N5O8.H2O4S/c24-23(25,26)16-6-11(30(35)36)2-3-12(16)13-7-18-14(8-19(13)31(37)38)20(39-29-18)21(32)28-17-4-1-10(9-27)5-15(17)22(33)34;1-5(2,3)4/h1-8H,(H,28,32)(H,33,34);(H2,1,2,3,4). The van der Waals surface area contributed by atoms with Crippen molar-refractivity contribution in [2.24, 2.45) is 0 Å². The summed E-state index contributed by atoms with van der Waals surface area (Å²) in [6.45, 7) is 0. The van der Waals surface area contributed by atoms with Gasteiger partial charge in [0.1, 0.15) is 5.52 Å². The first-order chi connectivity index (χ1) is 20.3. The second-order valence-electron chi connectivity index (χ2n) is 8.22. The number of anilines is 1. The van der Waals surface area contributed by atoms with Gasteiger partial charge in [0, 0.05) is 23.8 Å². The number of fused-ring (bicyclic) bond motifs is 1. The van der Waals surface area contributed by atoms with Gasteiger partial charge in [-0.2, -0.15) is 26.9 Å². The van der Waals surface area contributed by atoms with E-state index in [1.165, 1.54) is 6.07 Å². The lowest BCUT2D eigenvalue weighted by atomic mass is 9.95. The second-order valence-corrected chi connectivity index (χ2v) is 9.12. The number of non-ortho nitro benzene ring substituents is 1. The number of nitrogens with one attached hydrogen (secondary N) is 1. The number of rotatable bonds is 6. The number of nitriles is 1. The molecule has 0 aliphatic heterocycles. The lowest BCUT2D eigenvalue weighted by molar-refractivity contribution is -0.385. The SMILES string of the molecule is N#Cc1ccc(NC(=O)c2onc3cc(-c4ccc([N+](=O)[O-])cc4C(F)(F)F)c([N+](=O)[O-])cc23)c(C(=O)O)c1.O=S(=O)(O)O. The van der Waals surface area contributed by atoms with Crippen LogP contribution in [-0.4, -0.2) is 49.5 Å². The predicted molar refractivity (Wildman–Crippen MR) is 138 cm³/mol. The number of nitrogens with zero attached hydrogens (tertiary/aromatic N) is 4. The van der Waals surface area contributed by atoms with Crippen molar-refractivity contribution < 1.29 is 59.8 Å². The minimum atomic E-state index is -5.12. The van der Waals surface area contributed by atoms with Gasteiger partial charge in [-0.1, -0.05) is 5.16 Å². The lowest BCUT2D eigenvalue weighted by Crippen LogP contribution is -2.14. The highest BCUT2D eigenvalue weighted by atomic mass is 32.3. The van der Waals surface area contributed by atoms with Crippen LogP contribution in [0.1, 0.15) is 32.0 Å². The largest absolute Gasteiger partial charge is 0.478 e. The quantitative estimate of drug-likeness (QED) is 0.128. The molecule has 44 heavy (non-hydrogen) atoms. The van der Waals surface area contributed by atoms with Crippen LogP contribution in [0.25, 0.3) is 22.0 Å². The number of aromatic carboxylic acids is 1. The number of amides is 1. The number of carboxylic acid groups (broad SMARTS) is 1. The maximum atomic E-state index is 13.7. The summed E-state index contributed by atoms with van der Waals surface area (Å²) in [5, 5.41) is 46.7. The zero-order valence-corrected chi connectivity index (χ0v) is 21.8. The van der Waals surface area contributed by atoms with E-state index in [2.05, 4.69) is 10.5 Å². The lowest BCUT2D eigenvalue weighted by Gasteiger charge is -2.13. The van der Waals surface area contributed by atoms with Crippen LogP contribution in [0, 0.1) is 31.6 Å². The Labute approximate surface area is 240 Å². The highest BCUT2D eigenvalue weighted by Crippen LogP contribution is 2.43. The Morgan fingerprint density at radius 1 is 1.00 bits per heavy atom. The fraction of sp³-hybridized carbons (Fsp3) is 0.0435. The number of halogens is 3. The molecule has 1 heterocycles. The summed E-state index contributed by atoms with van der Waals surface area (Å²) in [5.74, 6) is -3.20. The Kier molecular flexibility index (Phi) is 8.94. The molecule has 0 radical (unpaired) electrons. The van der Waals surface area contributed by atoms with Crippen LogP contribution in [0.3, 0.4) is 0 Å². The van der Waals surface area contributed by atoms with Gasteiger partial charge >= 0.3 is 22.5 Å². The number of aromatic nitrogens is 1. The molecule has 0 saturated carbocycles. The van der Waals surface area contributed by atoms with E-state index < -0.39 is 77.7 Å². The molecular formula is C23H12F3N5O12S. The van der Waals surface area contributed by atoms with Crippen LogP contribution in [0.5, 0.6) is 0 Å². The molecule has 0 spiro atoms. The second kappa shape index (κ2) is 12.1. The van der Waals surface area contributed by atoms with Crippen LogP contribution < -0.4 is 5.32 Å². The summed E-state index contributed by atoms with van der Waals surface area (Å²) < 4.78 is 77.8. The van der Waals surface area contributed by atoms with Crippen molar-refractivity contribution in [2.45, 2.75) is 6.18 Å². The molecule has 4 N–H and O–H groups in total. The molecular weight excluding hydrogens is 627 g/mol. The Hall–Kier alpha value is -5.98. The highest BCUT2D eigenvalue weighted by molar-refractivity contribution is 7.79. The molecule has 1 amide bonds. The number of carbonyl (C=O) groups excluding carboxylic acids is 1. The van der Waals surface area contributed by atoms with Crippen LogP contribution in [-0.2, 0) is 16.6 Å². The maximum Gasteiger partial charge on any atom is 0.417 e. The molecule has 17 nitrogen and oxygen atoms in total. The van der Waals surface area contributed by atoms with Gasteiger partial charge < -0.3 is 14.9 Å². The van der Waals surface area contributed by atoms with E-state index in [0.717, 1.165) is 30.3 Å². The monoisotopic (exact) mass is 639 g/mol. The molecule has 1 aromatic heterocycles. The topological polar surface area (TPSA) is 277 Å². The molecule has 0 bridgehead atoms. The molecule has 0 fully saturated rings. The van der Waals surface area contributed by atoms with Crippen LogP contribution in [0.4, 0.5) is 30.2 Å². The number of carbonyl (C=O) groups is 2. The number of nitro benzene ring substituents is 2. The minimum absolute atomic E-state index is 0.0110. The number of carboxylic acids is 1. The molecule has 228 valence electrons. The molecule has 0 aliphatic rings. The van der Waals surface area contributed by atoms with Gasteiger partial charge in [0.2, 0.25) is 5.76 Å². The average Bonchev–Trinajstić information content (AvgIpc) is 3.33. The molecule has 0 unspecified atom stereocenters. The summed E-state index contributed by atoms with van der Waals surface area (Å²) in [7, 11) is -4.67. The van der Waals surface area contributed by atoms with Crippen molar-refractivity contribution >= 4 is 50.2 Å². The molecule has 0 atom stereocenters. The Balaban J connectivity index is 0.000000978. The van der Waals surface area contributed by atoms with E-state index in [9.17, 15) is 48.1 Å². The first-order valence-corrected chi connectivity index (χ1v) is 12.4. The van der Waals surface area contributed by atoms with E-state index in [1.807, 2.05) is 0 Å². The van der Waals surface area contributed by atoms with Gasteiger partial charge in [-0.05, 0) is 30.3 Å². The molecule has 0 aliphatic carbocycles. The summed E-state index contributed by atoms with van der Waals surface area (Å²) in [6, 6.07) is 8.39. The summed E-state index contributed by atoms with van der Waals surface area (Å²) in [6.07, 6.45) is -5.12. The van der Waals surface area contributed by atoms with Crippen molar-refractivity contribution in [1.29, 1.82) is 5.26 Å². The number of benzene rings is 3. The Bertz CT molecular complexity index is 1990. The summed E-state index contributed by atoms with van der Waals surface area (Å²) >= 11 is 0. The molecule has 21 heteroatoms. The van der Waals surface area contributed by atoms with E-state index in [0.29, 0.717) is 6.07 Å². The number of alkyl halides is 3. The minimum Gasteiger partial charge on any atom is -0.478 e. The van der Waals surface area contributed by atoms with Gasteiger partial charge in [0.25, 0.3) is 17.3 Å². The third-order valence-electron chi connectivity index (χ3n) is 5.43. The molecule has 0 saturated heterocycles. The maximum absolute atomic E-state index is 13.7. The van der Waals surface area contributed by atoms with E-state index in [4.69, 9.17) is 27.3 Å². The highest BCUT2D eigenvalue weighted by Gasteiger charge is 2.37. The summed E-state index contributed by atoms with van der Waals surface area (Å²) in [4.78, 5) is 45.1. The fourth-order valence-corrected chi connectivity index (χ4v) is 3.70. The van der Waals surface area contributed by atoms with Gasteiger partial charge in [-0.25, -0.2) is 4.79 Å². The van der Waals surface area contributed by atoms with Crippen molar-refractivity contribution in [3.05, 3.63) is 91.2 Å². The Morgan fingerprint density at radius 3 is 2.16 bits per heavy atom. The van der Waals surface area contributed by atoms with Crippen molar-refractivity contribution in [3.8, 4) is 17.2 Å². The molecule has 4 rings (SSSR count). The first-order valence-electron chi connectivity index (χ1n) is 11.0. The van der Waals surface area contributed by atoms with E-state index >= 15 is 0 Å². The summed E-state index contributed by atoms with van der Waals surface area (Å²) in [5.41, 5.74) is -5.63. The van der Waals surface area contributed by atoms with E-state index in [-0.39, 0.29) is 28.2 Å². The zero-order valence-electron chi connectivity index (χ0n) is 21.0. The smallest absolute Gasteiger partial charge is 0.417 e. The number of hydrogen-bond acceptors (Lipinski definition) is 11. The van der Waals surface area contributed by atoms with Gasteiger partial charge in [0.15, 0.2) is 0 Å². The van der Waals surface area contributed by atoms with Gasteiger partial charge in [-0.3, -0.25) is 34.1 Å². The van der Waals surface area contributed by atoms with Crippen molar-refractivity contribution in [2.75, 3.05) is 5.32 Å². The zero-order chi connectivity index (χ0) is 33.1. The third kappa shape index (κ3) is 7.45. The Morgan fingerprint density at radius 2 is 1.64 bits per heavy atom. The van der Waals surface area contributed by atoms with Crippen molar-refractivity contribution in [3.63, 3.8) is 0 Å². The van der Waals surface area contributed by atoms with Gasteiger partial charge in [-0.15, -0.1) is 0 Å². The van der Waals surface area contributed by atoms with Crippen molar-refractivity contribution in [1.82, 2.24) is 5.16 Å². The fourth-order valence-electron chi connectivity index (χ4n) is 3.70. The third-order valence-corrected chi connectivity index (χ3v) is 5.43. The van der Waals surface area contributed by atoms with E-state index in [1.54, 1.807) is 6.07 Å². The first kappa shape index (κ1) is 32.5. The average molecular weight is 639 g/mol. The van der Waals surface area contributed by atoms with Crippen LogP contribution in [0.2, 0.25) is 0 Å². The van der Waals surface area contributed by atoms with Gasteiger partial charge in [0.05, 0.1) is 49.2 Å². The van der Waals surface area contributed by atoms with Crippen LogP contribution in [0.15, 0.2) is 53.1 Å². The predicted octanol–water partition coefficient (Wildman–Crippen LogP) is 4.50. The normalized spacial score (nSPS) is 11.2. The number of hydrogen-bond donors (Lipinski definition) is 4.